The first-order valence-corrected chi connectivity index (χ1v) is 25.7. The van der Waals surface area contributed by atoms with Gasteiger partial charge in [-0.15, -0.1) is 0 Å². The van der Waals surface area contributed by atoms with Gasteiger partial charge in [0, 0.05) is 41.3 Å². The van der Waals surface area contributed by atoms with Crippen molar-refractivity contribution in [3.8, 4) is 0 Å². The van der Waals surface area contributed by atoms with Crippen molar-refractivity contribution < 1.29 is 66.4 Å². The SMILES string of the molecule is CC1(C)C(/C=C/C=C/C=C2\N(CCCS(=O)(=O)[O-])c3ccc4c(S(=O)(=O)[O-])cc(S(=O)(=O)[O-])cc4c3C2(C)CCCCCC(=O)O)=Nc2c1cc(Br)c[n+]2CCCS(=O)(=O)[O-]. The summed E-state index contributed by atoms with van der Waals surface area (Å²) in [6.07, 6.45) is 11.6. The van der Waals surface area contributed by atoms with Crippen molar-refractivity contribution in [2.45, 2.75) is 92.9 Å². The number of pyridine rings is 1. The van der Waals surface area contributed by atoms with Crippen LogP contribution in [0.3, 0.4) is 0 Å². The third-order valence-corrected chi connectivity index (χ3v) is 14.5. The Kier molecular flexibility index (Phi) is 14.3. The van der Waals surface area contributed by atoms with Crippen LogP contribution >= 0.6 is 15.9 Å². The van der Waals surface area contributed by atoms with E-state index in [1.807, 2.05) is 19.9 Å². The molecule has 3 aromatic rings. The fourth-order valence-electron chi connectivity index (χ4n) is 7.94. The van der Waals surface area contributed by atoms with Crippen LogP contribution in [0.1, 0.15) is 76.8 Å². The minimum atomic E-state index is -5.33. The van der Waals surface area contributed by atoms with Crippen LogP contribution in [0.25, 0.3) is 10.8 Å². The molecule has 0 aliphatic carbocycles. The van der Waals surface area contributed by atoms with E-state index in [0.29, 0.717) is 53.8 Å². The molecule has 17 nitrogen and oxygen atoms in total. The van der Waals surface area contributed by atoms with Crippen molar-refractivity contribution in [2.24, 2.45) is 4.99 Å². The van der Waals surface area contributed by atoms with Gasteiger partial charge in [-0.1, -0.05) is 37.1 Å². The maximum absolute atomic E-state index is 12.5. The van der Waals surface area contributed by atoms with Crippen molar-refractivity contribution in [3.63, 3.8) is 0 Å². The number of rotatable bonds is 19. The number of hydrogen-bond donors (Lipinski definition) is 1. The number of nitrogens with zero attached hydrogens (tertiary/aromatic N) is 3. The molecule has 22 heteroatoms. The number of aryl methyl sites for hydroxylation is 1. The number of fused-ring (bicyclic) bond motifs is 4. The van der Waals surface area contributed by atoms with E-state index < -0.39 is 78.6 Å². The summed E-state index contributed by atoms with van der Waals surface area (Å²) < 4.78 is 146. The molecule has 3 heterocycles. The Balaban J connectivity index is 1.62. The second kappa shape index (κ2) is 18.1. The molecule has 5 rings (SSSR count). The van der Waals surface area contributed by atoms with Gasteiger partial charge < -0.3 is 28.2 Å². The van der Waals surface area contributed by atoms with E-state index in [2.05, 4.69) is 15.9 Å². The van der Waals surface area contributed by atoms with Crippen LogP contribution in [0.15, 0.2) is 91.9 Å². The number of allylic oxidation sites excluding steroid dienone is 6. The highest BCUT2D eigenvalue weighted by atomic mass is 79.9. The molecule has 0 bridgehead atoms. The van der Waals surface area contributed by atoms with Gasteiger partial charge in [-0.25, -0.2) is 38.2 Å². The molecule has 1 aromatic heterocycles. The monoisotopic (exact) mass is 984 g/mol. The molecule has 0 radical (unpaired) electrons. The van der Waals surface area contributed by atoms with Gasteiger partial charge in [0.2, 0.25) is 0 Å². The van der Waals surface area contributed by atoms with E-state index in [0.717, 1.165) is 16.1 Å². The number of halogens is 1. The van der Waals surface area contributed by atoms with Gasteiger partial charge >= 0.3 is 11.8 Å². The number of aromatic nitrogens is 1. The molecule has 2 aromatic carbocycles. The number of carbonyl (C=O) groups is 1. The third-order valence-electron chi connectivity index (χ3n) is 10.8. The van der Waals surface area contributed by atoms with E-state index in [-0.39, 0.29) is 49.5 Å². The summed E-state index contributed by atoms with van der Waals surface area (Å²) in [5, 5.41) is 9.03. The summed E-state index contributed by atoms with van der Waals surface area (Å²) in [6.45, 7) is 5.88. The van der Waals surface area contributed by atoms with Gasteiger partial charge in [0.15, 0.2) is 5.71 Å². The lowest BCUT2D eigenvalue weighted by Crippen LogP contribution is -2.36. The van der Waals surface area contributed by atoms with Crippen molar-refractivity contribution in [1.29, 1.82) is 0 Å². The predicted octanol–water partition coefficient (Wildman–Crippen LogP) is 4.74. The van der Waals surface area contributed by atoms with E-state index in [9.17, 15) is 61.8 Å². The number of unbranched alkanes of at least 4 members (excludes halogenated alkanes) is 2. The average Bonchev–Trinajstić information content (AvgIpc) is 3.51. The first-order valence-electron chi connectivity index (χ1n) is 18.9. The van der Waals surface area contributed by atoms with Crippen molar-refractivity contribution in [3.05, 3.63) is 88.2 Å². The van der Waals surface area contributed by atoms with Crippen LogP contribution in [-0.4, -0.2) is 86.7 Å². The molecule has 1 N–H and O–H groups in total. The maximum atomic E-state index is 12.5. The Hall–Kier alpha value is -3.87. The lowest BCUT2D eigenvalue weighted by atomic mass is 9.75. The molecule has 1 unspecified atom stereocenters. The summed E-state index contributed by atoms with van der Waals surface area (Å²) in [6, 6.07) is 6.23. The van der Waals surface area contributed by atoms with E-state index in [4.69, 9.17) is 4.99 Å². The Morgan fingerprint density at radius 2 is 1.51 bits per heavy atom. The number of aliphatic carboxylic acids is 1. The molecule has 2 aliphatic rings. The summed E-state index contributed by atoms with van der Waals surface area (Å²) >= 11 is 3.50. The highest BCUT2D eigenvalue weighted by Crippen LogP contribution is 2.54. The quantitative estimate of drug-likeness (QED) is 0.0735. The Morgan fingerprint density at radius 1 is 0.836 bits per heavy atom. The second-order valence-electron chi connectivity index (χ2n) is 15.6. The largest absolute Gasteiger partial charge is 0.748 e. The van der Waals surface area contributed by atoms with Gasteiger partial charge in [-0.3, -0.25) is 4.79 Å². The zero-order chi connectivity index (χ0) is 45.3. The van der Waals surface area contributed by atoms with Crippen LogP contribution < -0.4 is 9.47 Å². The summed E-state index contributed by atoms with van der Waals surface area (Å²) in [5.41, 5.74) is 0.982. The van der Waals surface area contributed by atoms with Gasteiger partial charge in [-0.05, 0) is 120 Å². The predicted molar refractivity (Wildman–Crippen MR) is 224 cm³/mol. The molecular weight excluding hydrogens is 943 g/mol. The minimum absolute atomic E-state index is 0.0230. The normalized spacial score (nSPS) is 18.7. The van der Waals surface area contributed by atoms with E-state index in [1.54, 1.807) is 53.0 Å². The molecule has 0 amide bonds. The minimum Gasteiger partial charge on any atom is -0.748 e. The number of carboxylic acid groups (broad SMARTS) is 1. The summed E-state index contributed by atoms with van der Waals surface area (Å²) in [5.74, 6) is -1.66. The topological polar surface area (TPSA) is 286 Å². The molecule has 0 saturated heterocycles. The van der Waals surface area contributed by atoms with Crippen LogP contribution in [0.4, 0.5) is 11.5 Å². The van der Waals surface area contributed by atoms with Crippen LogP contribution in [0, 0.1) is 0 Å². The third kappa shape index (κ3) is 11.4. The smallest absolute Gasteiger partial charge is 0.327 e. The molecule has 0 spiro atoms. The van der Waals surface area contributed by atoms with Crippen LogP contribution in [0.2, 0.25) is 0 Å². The number of carboxylic acids is 1. The first kappa shape index (κ1) is 48.2. The van der Waals surface area contributed by atoms with Gasteiger partial charge in [0.05, 0.1) is 52.0 Å². The molecule has 0 saturated carbocycles. The number of hydrogen-bond acceptors (Lipinski definition) is 15. The number of benzene rings is 2. The van der Waals surface area contributed by atoms with Crippen LogP contribution in [0.5, 0.6) is 0 Å². The fraction of sp³-hybridized carbons (Fsp3) is 0.410. The zero-order valence-corrected chi connectivity index (χ0v) is 38.1. The molecular formula is C39H43BrN3O14S4-3. The summed E-state index contributed by atoms with van der Waals surface area (Å²) in [7, 11) is -19.7. The molecule has 1 atom stereocenters. The van der Waals surface area contributed by atoms with E-state index >= 15 is 0 Å². The van der Waals surface area contributed by atoms with Crippen LogP contribution in [-0.2, 0) is 62.6 Å². The summed E-state index contributed by atoms with van der Waals surface area (Å²) in [4.78, 5) is 15.9. The van der Waals surface area contributed by atoms with Gasteiger partial charge in [0.1, 0.15) is 26.4 Å². The van der Waals surface area contributed by atoms with Crippen molar-refractivity contribution in [2.75, 3.05) is 23.0 Å². The Morgan fingerprint density at radius 3 is 2.13 bits per heavy atom. The van der Waals surface area contributed by atoms with Crippen molar-refractivity contribution >= 4 is 90.4 Å². The average molecular weight is 986 g/mol. The van der Waals surface area contributed by atoms with Gasteiger partial charge in [0.25, 0.3) is 0 Å². The first-order chi connectivity index (χ1) is 28.1. The molecule has 0 fully saturated rings. The van der Waals surface area contributed by atoms with Crippen molar-refractivity contribution in [1.82, 2.24) is 0 Å². The zero-order valence-electron chi connectivity index (χ0n) is 33.2. The second-order valence-corrected chi connectivity index (χ2v) is 22.3. The van der Waals surface area contributed by atoms with Gasteiger partial charge in [-0.2, -0.15) is 0 Å². The Bertz CT molecular complexity index is 2840. The molecule has 61 heavy (non-hydrogen) atoms. The lowest BCUT2D eigenvalue weighted by Gasteiger charge is -2.31. The Labute approximate surface area is 363 Å². The standard InChI is InChI=1S/C39H46BrN3O14S4/c1-38(2)30-22-26(40)25-42(18-10-20-58(46,47)48)37(30)41-33(38)12-6-4-7-13-34-39(3,17-9-5-8-14-35(44)45)36-29-23-27(60(52,53)54)24-32(61(55,56)57)28(29)15-16-31(36)43(34)19-11-21-59(49,50)51/h4,6-7,12-13,15-16,22-25H,5,8-11,14,17-21H2,1-3H3,(H4-,44,45,46,47,48,49,50,51,52,53,54,55,56,57)/p-3. The number of aliphatic imine (C=N–C) groups is 1. The highest BCUT2D eigenvalue weighted by Gasteiger charge is 2.45. The fourth-order valence-corrected chi connectivity index (χ4v) is 10.7. The molecule has 332 valence electrons. The molecule has 2 aliphatic heterocycles. The highest BCUT2D eigenvalue weighted by molar-refractivity contribution is 9.10. The van der Waals surface area contributed by atoms with E-state index in [1.165, 1.54) is 12.1 Å². The number of anilines is 1. The maximum Gasteiger partial charge on any atom is 0.327 e. The lowest BCUT2D eigenvalue weighted by molar-refractivity contribution is -0.684.